The van der Waals surface area contributed by atoms with Crippen LogP contribution in [-0.4, -0.2) is 43.8 Å². The predicted molar refractivity (Wildman–Crippen MR) is 108 cm³/mol. The molecule has 2 aromatic heterocycles. The van der Waals surface area contributed by atoms with Crippen LogP contribution in [0, 0.1) is 0 Å². The lowest BCUT2D eigenvalue weighted by atomic mass is 9.85. The van der Waals surface area contributed by atoms with Gasteiger partial charge in [0.1, 0.15) is 6.23 Å². The van der Waals surface area contributed by atoms with E-state index in [9.17, 15) is 10.2 Å². The van der Waals surface area contributed by atoms with Gasteiger partial charge in [0, 0.05) is 49.2 Å². The number of aliphatic hydroxyl groups is 2. The molecule has 0 aliphatic carbocycles. The second kappa shape index (κ2) is 8.19. The Kier molecular flexibility index (Phi) is 5.48. The van der Waals surface area contributed by atoms with E-state index in [1.165, 1.54) is 0 Å². The number of pyridine rings is 2. The van der Waals surface area contributed by atoms with Crippen LogP contribution in [0.5, 0.6) is 0 Å². The molecule has 1 fully saturated rings. The Labute approximate surface area is 165 Å². The zero-order valence-electron chi connectivity index (χ0n) is 15.8. The molecule has 2 N–H and O–H groups in total. The largest absolute Gasteiger partial charge is 0.389 e. The number of likely N-dealkylation sites (tertiary alicyclic amines) is 1. The summed E-state index contributed by atoms with van der Waals surface area (Å²) >= 11 is 0. The van der Waals surface area contributed by atoms with Gasteiger partial charge in [-0.2, -0.15) is 0 Å². The molecule has 1 aliphatic rings. The van der Waals surface area contributed by atoms with Crippen molar-refractivity contribution in [1.82, 2.24) is 14.9 Å². The third-order valence-electron chi connectivity index (χ3n) is 5.52. The molecule has 1 aliphatic heterocycles. The Morgan fingerprint density at radius 3 is 2.36 bits per heavy atom. The van der Waals surface area contributed by atoms with Gasteiger partial charge in [-0.05, 0) is 36.6 Å². The van der Waals surface area contributed by atoms with Crippen molar-refractivity contribution < 1.29 is 10.2 Å². The van der Waals surface area contributed by atoms with Gasteiger partial charge in [-0.15, -0.1) is 0 Å². The Morgan fingerprint density at radius 2 is 1.64 bits per heavy atom. The molecule has 1 atom stereocenters. The lowest BCUT2D eigenvalue weighted by molar-refractivity contribution is -0.0749. The number of rotatable bonds is 5. The topological polar surface area (TPSA) is 69.5 Å². The summed E-state index contributed by atoms with van der Waals surface area (Å²) in [7, 11) is 0. The third-order valence-corrected chi connectivity index (χ3v) is 5.52. The van der Waals surface area contributed by atoms with E-state index in [0.29, 0.717) is 32.4 Å². The van der Waals surface area contributed by atoms with Crippen LogP contribution in [-0.2, 0) is 6.42 Å². The number of aliphatic hydroxyl groups excluding tert-OH is 1. The molecule has 0 bridgehead atoms. The van der Waals surface area contributed by atoms with E-state index in [2.05, 4.69) is 22.1 Å². The summed E-state index contributed by atoms with van der Waals surface area (Å²) in [5, 5.41) is 22.0. The van der Waals surface area contributed by atoms with Crippen molar-refractivity contribution in [2.75, 3.05) is 13.1 Å². The zero-order chi connectivity index (χ0) is 19.4. The SMILES string of the molecule is OC(c1cccnc1-c1ccncc1)N1CCC(O)(Cc2ccccc2)CC1. The van der Waals surface area contributed by atoms with Crippen molar-refractivity contribution >= 4 is 0 Å². The van der Waals surface area contributed by atoms with Gasteiger partial charge in [0.05, 0.1) is 11.3 Å². The van der Waals surface area contributed by atoms with Crippen LogP contribution in [0.1, 0.15) is 30.2 Å². The highest BCUT2D eigenvalue weighted by Gasteiger charge is 2.35. The van der Waals surface area contributed by atoms with Crippen LogP contribution in [0.4, 0.5) is 0 Å². The van der Waals surface area contributed by atoms with Gasteiger partial charge in [-0.25, -0.2) is 0 Å². The normalized spacial score (nSPS) is 17.9. The molecular formula is C23H25N3O2. The van der Waals surface area contributed by atoms with Crippen LogP contribution < -0.4 is 0 Å². The molecule has 144 valence electrons. The second-order valence-corrected chi connectivity index (χ2v) is 7.47. The zero-order valence-corrected chi connectivity index (χ0v) is 15.8. The highest BCUT2D eigenvalue weighted by molar-refractivity contribution is 5.62. The average Bonchev–Trinajstić information content (AvgIpc) is 2.75. The highest BCUT2D eigenvalue weighted by Crippen LogP contribution is 2.33. The minimum atomic E-state index is -0.752. The fraction of sp³-hybridized carbons (Fsp3) is 0.304. The molecule has 28 heavy (non-hydrogen) atoms. The number of nitrogens with zero attached hydrogens (tertiary/aromatic N) is 3. The first kappa shape index (κ1) is 18.7. The summed E-state index contributed by atoms with van der Waals surface area (Å²) in [6, 6.07) is 17.6. The quantitative estimate of drug-likeness (QED) is 0.717. The first-order chi connectivity index (χ1) is 13.6. The van der Waals surface area contributed by atoms with Gasteiger partial charge in [-0.1, -0.05) is 36.4 Å². The molecule has 1 saturated heterocycles. The number of benzene rings is 1. The van der Waals surface area contributed by atoms with Gasteiger partial charge >= 0.3 is 0 Å². The van der Waals surface area contributed by atoms with Crippen LogP contribution in [0.2, 0.25) is 0 Å². The third kappa shape index (κ3) is 4.12. The summed E-state index contributed by atoms with van der Waals surface area (Å²) in [6.07, 6.45) is 6.34. The van der Waals surface area contributed by atoms with E-state index < -0.39 is 11.8 Å². The van der Waals surface area contributed by atoms with Crippen LogP contribution in [0.25, 0.3) is 11.3 Å². The smallest absolute Gasteiger partial charge is 0.135 e. The van der Waals surface area contributed by atoms with Crippen LogP contribution in [0.3, 0.4) is 0 Å². The van der Waals surface area contributed by atoms with Crippen molar-refractivity contribution in [2.24, 2.45) is 0 Å². The lowest BCUT2D eigenvalue weighted by Gasteiger charge is -2.40. The standard InChI is InChI=1S/C23H25N3O2/c27-22(20-7-4-12-25-21(20)19-8-13-24-14-9-19)26-15-10-23(28,11-16-26)17-18-5-2-1-3-6-18/h1-9,12-14,22,27-28H,10-11,15-17H2. The van der Waals surface area contributed by atoms with Crippen molar-refractivity contribution in [2.45, 2.75) is 31.1 Å². The Bertz CT molecular complexity index is 894. The molecule has 4 rings (SSSR count). The molecule has 3 heterocycles. The highest BCUT2D eigenvalue weighted by atomic mass is 16.3. The van der Waals surface area contributed by atoms with Gasteiger partial charge in [0.2, 0.25) is 0 Å². The number of piperidine rings is 1. The van der Waals surface area contributed by atoms with Crippen LogP contribution >= 0.6 is 0 Å². The monoisotopic (exact) mass is 375 g/mol. The van der Waals surface area contributed by atoms with E-state index in [0.717, 1.165) is 22.4 Å². The number of hydrogen-bond donors (Lipinski definition) is 2. The maximum atomic E-state index is 11.0. The lowest BCUT2D eigenvalue weighted by Crippen LogP contribution is -2.46. The van der Waals surface area contributed by atoms with Crippen molar-refractivity contribution in [3.63, 3.8) is 0 Å². The predicted octanol–water partition coefficient (Wildman–Crippen LogP) is 3.20. The Balaban J connectivity index is 1.47. The van der Waals surface area contributed by atoms with E-state index in [1.807, 2.05) is 47.4 Å². The van der Waals surface area contributed by atoms with E-state index in [1.54, 1.807) is 18.6 Å². The minimum Gasteiger partial charge on any atom is -0.389 e. The van der Waals surface area contributed by atoms with E-state index in [-0.39, 0.29) is 0 Å². The van der Waals surface area contributed by atoms with Crippen molar-refractivity contribution in [3.8, 4) is 11.3 Å². The minimum absolute atomic E-state index is 0.629. The van der Waals surface area contributed by atoms with E-state index >= 15 is 0 Å². The first-order valence-electron chi connectivity index (χ1n) is 9.68. The molecule has 1 aromatic carbocycles. The van der Waals surface area contributed by atoms with Crippen molar-refractivity contribution in [3.05, 3.63) is 84.3 Å². The van der Waals surface area contributed by atoms with Gasteiger partial charge in [0.15, 0.2) is 0 Å². The Morgan fingerprint density at radius 1 is 0.929 bits per heavy atom. The maximum Gasteiger partial charge on any atom is 0.135 e. The second-order valence-electron chi connectivity index (χ2n) is 7.47. The summed E-state index contributed by atoms with van der Waals surface area (Å²) in [4.78, 5) is 10.6. The average molecular weight is 375 g/mol. The van der Waals surface area contributed by atoms with Gasteiger partial charge in [-0.3, -0.25) is 14.9 Å². The Hall–Kier alpha value is -2.60. The van der Waals surface area contributed by atoms with Crippen molar-refractivity contribution in [1.29, 1.82) is 0 Å². The maximum absolute atomic E-state index is 11.0. The van der Waals surface area contributed by atoms with Gasteiger partial charge in [0.25, 0.3) is 0 Å². The molecule has 0 amide bonds. The fourth-order valence-corrected chi connectivity index (χ4v) is 3.91. The molecule has 0 radical (unpaired) electrons. The van der Waals surface area contributed by atoms with Crippen LogP contribution in [0.15, 0.2) is 73.2 Å². The van der Waals surface area contributed by atoms with Gasteiger partial charge < -0.3 is 10.2 Å². The molecule has 5 nitrogen and oxygen atoms in total. The molecule has 5 heteroatoms. The number of hydrogen-bond acceptors (Lipinski definition) is 5. The molecule has 1 unspecified atom stereocenters. The molecule has 0 saturated carbocycles. The molecular weight excluding hydrogens is 350 g/mol. The van der Waals surface area contributed by atoms with E-state index in [4.69, 9.17) is 0 Å². The summed E-state index contributed by atoms with van der Waals surface area (Å²) < 4.78 is 0. The number of aromatic nitrogens is 2. The first-order valence-corrected chi connectivity index (χ1v) is 9.68. The fourth-order valence-electron chi connectivity index (χ4n) is 3.91. The summed E-state index contributed by atoms with van der Waals surface area (Å²) in [5.74, 6) is 0. The summed E-state index contributed by atoms with van der Waals surface area (Å²) in [5.41, 5.74) is 2.90. The molecule has 3 aromatic rings. The summed E-state index contributed by atoms with van der Waals surface area (Å²) in [6.45, 7) is 1.27. The molecule has 0 spiro atoms.